The summed E-state index contributed by atoms with van der Waals surface area (Å²) in [6, 6.07) is 11.1. The average Bonchev–Trinajstić information content (AvgIpc) is 3.25. The van der Waals surface area contributed by atoms with Crippen LogP contribution in [0.5, 0.6) is 0 Å². The molecule has 0 aliphatic heterocycles. The molecule has 0 unspecified atom stereocenters. The summed E-state index contributed by atoms with van der Waals surface area (Å²) in [5, 5.41) is 0. The summed E-state index contributed by atoms with van der Waals surface area (Å²) in [7, 11) is 1.58. The van der Waals surface area contributed by atoms with Crippen LogP contribution >= 0.6 is 0 Å². The van der Waals surface area contributed by atoms with Crippen LogP contribution in [0.3, 0.4) is 0 Å². The molecule has 0 bridgehead atoms. The van der Waals surface area contributed by atoms with Crippen molar-refractivity contribution in [2.75, 3.05) is 7.05 Å². The molecule has 0 N–H and O–H groups in total. The molecule has 0 saturated carbocycles. The summed E-state index contributed by atoms with van der Waals surface area (Å²) in [6.45, 7) is 0.255. The summed E-state index contributed by atoms with van der Waals surface area (Å²) < 4.78 is 49.0. The molecule has 0 aliphatic rings. The second-order valence-corrected chi connectivity index (χ2v) is 5.48. The molecule has 1 amide bonds. The van der Waals surface area contributed by atoms with Crippen molar-refractivity contribution in [3.8, 4) is 11.3 Å². The standard InChI is InChI=1S/C18H14F3NO3/c1-22(11-14-6-3-9-24-14)17(23)16-8-7-15(25-16)12-4-2-5-13(10-12)18(19,20)21/h2-10H,11H2,1H3. The Labute approximate surface area is 141 Å². The number of halogens is 3. The Bertz CT molecular complexity index is 866. The molecule has 7 heteroatoms. The fourth-order valence-electron chi connectivity index (χ4n) is 2.35. The van der Waals surface area contributed by atoms with Crippen LogP contribution in [0.4, 0.5) is 13.2 Å². The highest BCUT2D eigenvalue weighted by Crippen LogP contribution is 2.32. The largest absolute Gasteiger partial charge is 0.467 e. The zero-order valence-electron chi connectivity index (χ0n) is 13.2. The second-order valence-electron chi connectivity index (χ2n) is 5.48. The number of hydrogen-bond acceptors (Lipinski definition) is 3. The van der Waals surface area contributed by atoms with Crippen molar-refractivity contribution in [3.05, 3.63) is 71.9 Å². The van der Waals surface area contributed by atoms with Gasteiger partial charge in [0, 0.05) is 12.6 Å². The summed E-state index contributed by atoms with van der Waals surface area (Å²) in [5.41, 5.74) is -0.522. The fourth-order valence-corrected chi connectivity index (χ4v) is 2.35. The highest BCUT2D eigenvalue weighted by molar-refractivity contribution is 5.91. The average molecular weight is 349 g/mol. The van der Waals surface area contributed by atoms with Gasteiger partial charge in [-0.2, -0.15) is 13.2 Å². The quantitative estimate of drug-likeness (QED) is 0.678. The number of rotatable bonds is 4. The summed E-state index contributed by atoms with van der Waals surface area (Å²) in [4.78, 5) is 13.7. The fraction of sp³-hybridized carbons (Fsp3) is 0.167. The van der Waals surface area contributed by atoms with Gasteiger partial charge in [0.05, 0.1) is 18.4 Å². The maximum atomic E-state index is 12.8. The van der Waals surface area contributed by atoms with Crippen LogP contribution in [0.15, 0.2) is 63.6 Å². The molecule has 0 spiro atoms. The number of amides is 1. The molecule has 0 atom stereocenters. The van der Waals surface area contributed by atoms with Crippen molar-refractivity contribution in [2.24, 2.45) is 0 Å². The van der Waals surface area contributed by atoms with E-state index in [-0.39, 0.29) is 23.6 Å². The number of alkyl halides is 3. The molecule has 0 radical (unpaired) electrons. The minimum absolute atomic E-state index is 0.0430. The van der Waals surface area contributed by atoms with E-state index in [1.807, 2.05) is 0 Å². The van der Waals surface area contributed by atoms with E-state index in [1.54, 1.807) is 19.2 Å². The summed E-state index contributed by atoms with van der Waals surface area (Å²) in [6.07, 6.45) is -2.93. The van der Waals surface area contributed by atoms with Crippen molar-refractivity contribution >= 4 is 5.91 Å². The van der Waals surface area contributed by atoms with Crippen LogP contribution in [0.2, 0.25) is 0 Å². The van der Waals surface area contributed by atoms with Crippen LogP contribution < -0.4 is 0 Å². The lowest BCUT2D eigenvalue weighted by Gasteiger charge is -2.13. The second kappa shape index (κ2) is 6.51. The Morgan fingerprint density at radius 3 is 2.60 bits per heavy atom. The molecule has 3 rings (SSSR count). The Kier molecular flexibility index (Phi) is 4.39. The van der Waals surface area contributed by atoms with Gasteiger partial charge in [-0.15, -0.1) is 0 Å². The van der Waals surface area contributed by atoms with Crippen molar-refractivity contribution in [2.45, 2.75) is 12.7 Å². The van der Waals surface area contributed by atoms with Gasteiger partial charge in [0.2, 0.25) is 0 Å². The number of hydrogen-bond donors (Lipinski definition) is 0. The Morgan fingerprint density at radius 1 is 1.12 bits per heavy atom. The van der Waals surface area contributed by atoms with Gasteiger partial charge in [-0.3, -0.25) is 4.79 Å². The Morgan fingerprint density at radius 2 is 1.92 bits per heavy atom. The number of carbonyl (C=O) groups excluding carboxylic acids is 1. The van der Waals surface area contributed by atoms with Gasteiger partial charge in [0.15, 0.2) is 5.76 Å². The first kappa shape index (κ1) is 16.9. The van der Waals surface area contributed by atoms with Gasteiger partial charge in [-0.1, -0.05) is 12.1 Å². The van der Waals surface area contributed by atoms with Gasteiger partial charge in [0.25, 0.3) is 5.91 Å². The molecule has 0 saturated heterocycles. The van der Waals surface area contributed by atoms with Gasteiger partial charge >= 0.3 is 6.18 Å². The first-order valence-corrected chi connectivity index (χ1v) is 7.40. The third-order valence-corrected chi connectivity index (χ3v) is 3.61. The van der Waals surface area contributed by atoms with E-state index in [0.717, 1.165) is 12.1 Å². The number of benzene rings is 1. The van der Waals surface area contributed by atoms with Gasteiger partial charge in [-0.25, -0.2) is 0 Å². The molecule has 0 aliphatic carbocycles. The van der Waals surface area contributed by atoms with E-state index in [0.29, 0.717) is 5.76 Å². The molecule has 130 valence electrons. The smallest absolute Gasteiger partial charge is 0.416 e. The predicted molar refractivity (Wildman–Crippen MR) is 83.7 cm³/mol. The van der Waals surface area contributed by atoms with E-state index in [9.17, 15) is 18.0 Å². The maximum absolute atomic E-state index is 12.8. The molecule has 3 aromatic rings. The molecule has 2 heterocycles. The molecular weight excluding hydrogens is 335 g/mol. The topological polar surface area (TPSA) is 46.6 Å². The highest BCUT2D eigenvalue weighted by Gasteiger charge is 2.30. The van der Waals surface area contributed by atoms with Crippen molar-refractivity contribution in [3.63, 3.8) is 0 Å². The predicted octanol–water partition coefficient (Wildman–Crippen LogP) is 4.83. The molecule has 2 aromatic heterocycles. The normalized spacial score (nSPS) is 11.5. The lowest BCUT2D eigenvalue weighted by atomic mass is 10.1. The Balaban J connectivity index is 1.79. The molecule has 0 fully saturated rings. The minimum Gasteiger partial charge on any atom is -0.467 e. The minimum atomic E-state index is -4.44. The summed E-state index contributed by atoms with van der Waals surface area (Å²) in [5.74, 6) is 0.456. The van der Waals surface area contributed by atoms with Crippen molar-refractivity contribution in [1.82, 2.24) is 4.90 Å². The first-order valence-electron chi connectivity index (χ1n) is 7.40. The number of nitrogens with zero attached hydrogens (tertiary/aromatic N) is 1. The number of furan rings is 2. The lowest BCUT2D eigenvalue weighted by molar-refractivity contribution is -0.137. The monoisotopic (exact) mass is 349 g/mol. The van der Waals surface area contributed by atoms with Crippen LogP contribution in [0, 0.1) is 0 Å². The van der Waals surface area contributed by atoms with E-state index in [2.05, 4.69) is 0 Å². The number of carbonyl (C=O) groups is 1. The maximum Gasteiger partial charge on any atom is 0.416 e. The van der Waals surface area contributed by atoms with Gasteiger partial charge < -0.3 is 13.7 Å². The summed E-state index contributed by atoms with van der Waals surface area (Å²) >= 11 is 0. The SMILES string of the molecule is CN(Cc1ccco1)C(=O)c1ccc(-c2cccc(C(F)(F)F)c2)o1. The van der Waals surface area contributed by atoms with Crippen LogP contribution in [-0.2, 0) is 12.7 Å². The molecule has 1 aromatic carbocycles. The third kappa shape index (κ3) is 3.76. The van der Waals surface area contributed by atoms with Gasteiger partial charge in [-0.05, 0) is 36.4 Å². The third-order valence-electron chi connectivity index (χ3n) is 3.61. The van der Waals surface area contributed by atoms with Crippen LogP contribution in [0.25, 0.3) is 11.3 Å². The van der Waals surface area contributed by atoms with E-state index in [4.69, 9.17) is 8.83 Å². The van der Waals surface area contributed by atoms with Crippen LogP contribution in [0.1, 0.15) is 21.9 Å². The van der Waals surface area contributed by atoms with Crippen molar-refractivity contribution < 1.29 is 26.8 Å². The first-order chi connectivity index (χ1) is 11.8. The van der Waals surface area contributed by atoms with E-state index < -0.39 is 17.6 Å². The zero-order chi connectivity index (χ0) is 18.0. The van der Waals surface area contributed by atoms with Crippen molar-refractivity contribution in [1.29, 1.82) is 0 Å². The molecule has 25 heavy (non-hydrogen) atoms. The lowest BCUT2D eigenvalue weighted by Crippen LogP contribution is -2.25. The highest BCUT2D eigenvalue weighted by atomic mass is 19.4. The van der Waals surface area contributed by atoms with E-state index >= 15 is 0 Å². The van der Waals surface area contributed by atoms with Crippen LogP contribution in [-0.4, -0.2) is 17.9 Å². The molecular formula is C18H14F3NO3. The van der Waals surface area contributed by atoms with E-state index in [1.165, 1.54) is 35.4 Å². The van der Waals surface area contributed by atoms with Gasteiger partial charge in [0.1, 0.15) is 11.5 Å². The Hall–Kier alpha value is -2.96. The zero-order valence-corrected chi connectivity index (χ0v) is 13.2. The molecule has 4 nitrogen and oxygen atoms in total.